The van der Waals surface area contributed by atoms with Gasteiger partial charge in [-0.3, -0.25) is 0 Å². The summed E-state index contributed by atoms with van der Waals surface area (Å²) in [6.07, 6.45) is 0. The van der Waals surface area contributed by atoms with Gasteiger partial charge >= 0.3 is 5.97 Å². The molecule has 2 aromatic carbocycles. The van der Waals surface area contributed by atoms with E-state index in [0.717, 1.165) is 9.79 Å². The van der Waals surface area contributed by atoms with E-state index >= 15 is 0 Å². The van der Waals surface area contributed by atoms with Crippen LogP contribution in [0.5, 0.6) is 0 Å². The van der Waals surface area contributed by atoms with Crippen LogP contribution in [-0.2, 0) is 0 Å². The van der Waals surface area contributed by atoms with Crippen LogP contribution in [-0.4, -0.2) is 11.1 Å². The highest BCUT2D eigenvalue weighted by Crippen LogP contribution is 2.31. The van der Waals surface area contributed by atoms with Gasteiger partial charge in [-0.05, 0) is 49.2 Å². The van der Waals surface area contributed by atoms with Gasteiger partial charge in [0, 0.05) is 9.79 Å². The SMILES string of the molecule is Cc1ccc(Sc2ccccc2C(=O)O)cc1C. The Labute approximate surface area is 111 Å². The Balaban J connectivity index is 2.34. The largest absolute Gasteiger partial charge is 0.478 e. The molecule has 0 aliphatic heterocycles. The standard InChI is InChI=1S/C15H14O2S/c1-10-7-8-12(9-11(10)2)18-14-6-4-3-5-13(14)15(16)17/h3-9H,1-2H3,(H,16,17). The van der Waals surface area contributed by atoms with E-state index in [4.69, 9.17) is 5.11 Å². The molecule has 2 nitrogen and oxygen atoms in total. The molecule has 1 N–H and O–H groups in total. The number of aromatic carboxylic acids is 1. The highest BCUT2D eigenvalue weighted by molar-refractivity contribution is 7.99. The number of hydrogen-bond donors (Lipinski definition) is 1. The maximum Gasteiger partial charge on any atom is 0.336 e. The normalized spacial score (nSPS) is 10.3. The zero-order chi connectivity index (χ0) is 13.1. The number of benzene rings is 2. The van der Waals surface area contributed by atoms with Crippen molar-refractivity contribution in [2.24, 2.45) is 0 Å². The summed E-state index contributed by atoms with van der Waals surface area (Å²) in [5, 5.41) is 9.13. The van der Waals surface area contributed by atoms with E-state index in [9.17, 15) is 4.79 Å². The van der Waals surface area contributed by atoms with Gasteiger partial charge < -0.3 is 5.11 Å². The third kappa shape index (κ3) is 2.74. The van der Waals surface area contributed by atoms with Crippen LogP contribution in [0.1, 0.15) is 21.5 Å². The molecule has 2 rings (SSSR count). The Morgan fingerprint density at radius 1 is 1.06 bits per heavy atom. The van der Waals surface area contributed by atoms with E-state index in [0.29, 0.717) is 5.56 Å². The van der Waals surface area contributed by atoms with Gasteiger partial charge in [-0.15, -0.1) is 0 Å². The molecule has 0 spiro atoms. The summed E-state index contributed by atoms with van der Waals surface area (Å²) in [5.41, 5.74) is 2.81. The summed E-state index contributed by atoms with van der Waals surface area (Å²) in [6.45, 7) is 4.12. The van der Waals surface area contributed by atoms with Gasteiger partial charge in [0.05, 0.1) is 5.56 Å². The fourth-order valence-electron chi connectivity index (χ4n) is 1.64. The van der Waals surface area contributed by atoms with Crippen LogP contribution < -0.4 is 0 Å². The molecule has 0 fully saturated rings. The third-order valence-corrected chi connectivity index (χ3v) is 3.89. The highest BCUT2D eigenvalue weighted by atomic mass is 32.2. The first-order chi connectivity index (χ1) is 8.58. The molecule has 0 radical (unpaired) electrons. The second-order valence-electron chi connectivity index (χ2n) is 4.15. The average molecular weight is 258 g/mol. The number of carboxylic acid groups (broad SMARTS) is 1. The molecule has 0 aliphatic carbocycles. The maximum absolute atomic E-state index is 11.1. The average Bonchev–Trinajstić information content (AvgIpc) is 2.34. The summed E-state index contributed by atoms with van der Waals surface area (Å²) >= 11 is 1.48. The van der Waals surface area contributed by atoms with Crippen molar-refractivity contribution >= 4 is 17.7 Å². The molecule has 0 heterocycles. The third-order valence-electron chi connectivity index (χ3n) is 2.82. The molecule has 0 amide bonds. The maximum atomic E-state index is 11.1. The van der Waals surface area contributed by atoms with Crippen LogP contribution in [0.15, 0.2) is 52.3 Å². The van der Waals surface area contributed by atoms with E-state index in [-0.39, 0.29) is 0 Å². The number of aryl methyl sites for hydroxylation is 2. The van der Waals surface area contributed by atoms with E-state index in [1.165, 1.54) is 22.9 Å². The van der Waals surface area contributed by atoms with Gasteiger partial charge in [0.15, 0.2) is 0 Å². The highest BCUT2D eigenvalue weighted by Gasteiger charge is 2.10. The van der Waals surface area contributed by atoms with Crippen molar-refractivity contribution in [3.63, 3.8) is 0 Å². The van der Waals surface area contributed by atoms with Crippen LogP contribution in [0.2, 0.25) is 0 Å². The first-order valence-electron chi connectivity index (χ1n) is 5.65. The van der Waals surface area contributed by atoms with E-state index in [1.54, 1.807) is 12.1 Å². The van der Waals surface area contributed by atoms with Crippen molar-refractivity contribution in [1.29, 1.82) is 0 Å². The minimum absolute atomic E-state index is 0.348. The van der Waals surface area contributed by atoms with Gasteiger partial charge in [-0.2, -0.15) is 0 Å². The van der Waals surface area contributed by atoms with Crippen molar-refractivity contribution in [1.82, 2.24) is 0 Å². The molecular weight excluding hydrogens is 244 g/mol. The van der Waals surface area contributed by atoms with Gasteiger partial charge in [0.25, 0.3) is 0 Å². The Bertz CT molecular complexity index is 591. The lowest BCUT2D eigenvalue weighted by molar-refractivity contribution is 0.0693. The summed E-state index contributed by atoms with van der Waals surface area (Å²) in [5.74, 6) is -0.887. The molecule has 0 aromatic heterocycles. The first kappa shape index (κ1) is 12.7. The fourth-order valence-corrected chi connectivity index (χ4v) is 2.67. The molecule has 0 aliphatic rings. The molecule has 0 saturated heterocycles. The molecule has 0 saturated carbocycles. The molecule has 0 atom stereocenters. The molecule has 92 valence electrons. The van der Waals surface area contributed by atoms with Crippen molar-refractivity contribution < 1.29 is 9.90 Å². The topological polar surface area (TPSA) is 37.3 Å². The number of carbonyl (C=O) groups is 1. The van der Waals surface area contributed by atoms with E-state index < -0.39 is 5.97 Å². The minimum Gasteiger partial charge on any atom is -0.478 e. The van der Waals surface area contributed by atoms with Crippen LogP contribution in [0.4, 0.5) is 0 Å². The molecule has 0 unspecified atom stereocenters. The van der Waals surface area contributed by atoms with Gasteiger partial charge in [0.1, 0.15) is 0 Å². The Morgan fingerprint density at radius 2 is 1.78 bits per heavy atom. The molecule has 0 bridgehead atoms. The van der Waals surface area contributed by atoms with Crippen LogP contribution in [0.3, 0.4) is 0 Å². The summed E-state index contributed by atoms with van der Waals surface area (Å²) in [6, 6.07) is 13.2. The number of hydrogen-bond acceptors (Lipinski definition) is 2. The second-order valence-corrected chi connectivity index (χ2v) is 5.26. The summed E-state index contributed by atoms with van der Waals surface area (Å²) in [7, 11) is 0. The van der Waals surface area contributed by atoms with Crippen LogP contribution >= 0.6 is 11.8 Å². The monoisotopic (exact) mass is 258 g/mol. The van der Waals surface area contributed by atoms with Gasteiger partial charge in [0.2, 0.25) is 0 Å². The zero-order valence-corrected chi connectivity index (χ0v) is 11.1. The minimum atomic E-state index is -0.887. The quantitative estimate of drug-likeness (QED) is 0.898. The molecule has 3 heteroatoms. The summed E-state index contributed by atoms with van der Waals surface area (Å²) < 4.78 is 0. The molecule has 18 heavy (non-hydrogen) atoms. The van der Waals surface area contributed by atoms with Gasteiger partial charge in [-0.25, -0.2) is 4.79 Å². The van der Waals surface area contributed by atoms with Crippen molar-refractivity contribution in [3.8, 4) is 0 Å². The first-order valence-corrected chi connectivity index (χ1v) is 6.47. The smallest absolute Gasteiger partial charge is 0.336 e. The predicted molar refractivity (Wildman–Crippen MR) is 73.4 cm³/mol. The Morgan fingerprint density at radius 3 is 2.44 bits per heavy atom. The van der Waals surface area contributed by atoms with E-state index in [2.05, 4.69) is 26.0 Å². The van der Waals surface area contributed by atoms with E-state index in [1.807, 2.05) is 18.2 Å². The lowest BCUT2D eigenvalue weighted by atomic mass is 10.1. The second kappa shape index (κ2) is 5.27. The van der Waals surface area contributed by atoms with Crippen LogP contribution in [0.25, 0.3) is 0 Å². The molecule has 2 aromatic rings. The van der Waals surface area contributed by atoms with Gasteiger partial charge in [-0.1, -0.05) is 30.0 Å². The lowest BCUT2D eigenvalue weighted by Gasteiger charge is -2.07. The van der Waals surface area contributed by atoms with Crippen molar-refractivity contribution in [2.45, 2.75) is 23.6 Å². The van der Waals surface area contributed by atoms with Crippen LogP contribution in [0, 0.1) is 13.8 Å². The predicted octanol–water partition coefficient (Wildman–Crippen LogP) is 4.15. The Hall–Kier alpha value is -1.74. The molecular formula is C15H14O2S. The Kier molecular flexibility index (Phi) is 3.72. The number of carboxylic acids is 1. The van der Waals surface area contributed by atoms with Crippen molar-refractivity contribution in [2.75, 3.05) is 0 Å². The number of rotatable bonds is 3. The fraction of sp³-hybridized carbons (Fsp3) is 0.133. The lowest BCUT2D eigenvalue weighted by Crippen LogP contribution is -1.97. The summed E-state index contributed by atoms with van der Waals surface area (Å²) in [4.78, 5) is 13.0. The zero-order valence-electron chi connectivity index (χ0n) is 10.3. The van der Waals surface area contributed by atoms with Crippen molar-refractivity contribution in [3.05, 3.63) is 59.2 Å².